The Hall–Kier alpha value is -2.34. The molecule has 0 saturated heterocycles. The van der Waals surface area contributed by atoms with Gasteiger partial charge in [0.05, 0.1) is 6.42 Å². The molecule has 22 heavy (non-hydrogen) atoms. The van der Waals surface area contributed by atoms with Gasteiger partial charge in [-0.3, -0.25) is 4.98 Å². The number of carbonyl (C=O) groups excluding carboxylic acids is 1. The zero-order valence-corrected chi connectivity index (χ0v) is 12.8. The van der Waals surface area contributed by atoms with E-state index in [1.165, 1.54) is 5.56 Å². The lowest BCUT2D eigenvalue weighted by atomic mass is 10.2. The van der Waals surface area contributed by atoms with E-state index in [9.17, 15) is 4.79 Å². The number of hydrogen-bond acceptors (Lipinski definition) is 5. The van der Waals surface area contributed by atoms with Crippen LogP contribution in [0.5, 0.6) is 0 Å². The van der Waals surface area contributed by atoms with Crippen LogP contribution < -0.4 is 5.73 Å². The summed E-state index contributed by atoms with van der Waals surface area (Å²) < 4.78 is 0. The fraction of sp³-hybridized carbons (Fsp3) is 0.188. The van der Waals surface area contributed by atoms with Crippen molar-refractivity contribution in [1.29, 1.82) is 0 Å². The highest BCUT2D eigenvalue weighted by Gasteiger charge is 2.05. The summed E-state index contributed by atoms with van der Waals surface area (Å²) in [6.07, 6.45) is 3.48. The fourth-order valence-electron chi connectivity index (χ4n) is 1.63. The third-order valence-corrected chi connectivity index (χ3v) is 3.80. The number of rotatable bonds is 7. The number of nitrogens with zero attached hydrogens (tertiary/aromatic N) is 2. The Kier molecular flexibility index (Phi) is 6.44. The fourth-order valence-corrected chi connectivity index (χ4v) is 2.52. The van der Waals surface area contributed by atoms with Crippen LogP contribution in [0.15, 0.2) is 60.0 Å². The van der Waals surface area contributed by atoms with Crippen LogP contribution in [-0.2, 0) is 15.4 Å². The maximum atomic E-state index is 11.6. The molecular formula is C16H17N3O2S. The van der Waals surface area contributed by atoms with Gasteiger partial charge in [-0.05, 0) is 17.7 Å². The van der Waals surface area contributed by atoms with E-state index in [2.05, 4.69) is 22.3 Å². The second-order valence-corrected chi connectivity index (χ2v) is 5.57. The average Bonchev–Trinajstić information content (AvgIpc) is 2.58. The summed E-state index contributed by atoms with van der Waals surface area (Å²) in [6, 6.07) is 13.6. The van der Waals surface area contributed by atoms with Gasteiger partial charge in [0.2, 0.25) is 0 Å². The quantitative estimate of drug-likeness (QED) is 0.279. The first kappa shape index (κ1) is 16.0. The highest BCUT2D eigenvalue weighted by molar-refractivity contribution is 7.98. The summed E-state index contributed by atoms with van der Waals surface area (Å²) in [7, 11) is 0. The molecule has 0 fully saturated rings. The minimum Gasteiger partial charge on any atom is -0.380 e. The summed E-state index contributed by atoms with van der Waals surface area (Å²) in [5.41, 5.74) is 7.56. The van der Waals surface area contributed by atoms with Gasteiger partial charge in [-0.25, -0.2) is 4.79 Å². The second-order valence-electron chi connectivity index (χ2n) is 4.47. The molecule has 6 heteroatoms. The van der Waals surface area contributed by atoms with Crippen molar-refractivity contribution in [1.82, 2.24) is 4.98 Å². The van der Waals surface area contributed by atoms with E-state index in [1.54, 1.807) is 36.3 Å². The molecule has 1 aromatic heterocycles. The van der Waals surface area contributed by atoms with Gasteiger partial charge in [0.25, 0.3) is 0 Å². The molecule has 114 valence electrons. The first-order valence-corrected chi connectivity index (χ1v) is 7.96. The summed E-state index contributed by atoms with van der Waals surface area (Å²) in [5.74, 6) is 1.29. The molecule has 5 nitrogen and oxygen atoms in total. The lowest BCUT2D eigenvalue weighted by Crippen LogP contribution is -2.15. The Bertz CT molecular complexity index is 618. The van der Waals surface area contributed by atoms with Crippen LogP contribution >= 0.6 is 11.8 Å². The molecule has 0 spiro atoms. The largest absolute Gasteiger partial charge is 0.380 e. The molecule has 0 amide bonds. The van der Waals surface area contributed by atoms with E-state index in [0.717, 1.165) is 5.75 Å². The van der Waals surface area contributed by atoms with Crippen molar-refractivity contribution >= 4 is 23.6 Å². The highest BCUT2D eigenvalue weighted by Crippen LogP contribution is 2.12. The average molecular weight is 315 g/mol. The number of amidine groups is 1. The normalized spacial score (nSPS) is 11.2. The Morgan fingerprint density at radius 2 is 2.05 bits per heavy atom. The van der Waals surface area contributed by atoms with E-state index in [0.29, 0.717) is 17.7 Å². The van der Waals surface area contributed by atoms with Crippen molar-refractivity contribution in [3.05, 3.63) is 66.0 Å². The van der Waals surface area contributed by atoms with Gasteiger partial charge in [0.1, 0.15) is 0 Å². The van der Waals surface area contributed by atoms with Crippen LogP contribution in [0.2, 0.25) is 0 Å². The lowest BCUT2D eigenvalue weighted by molar-refractivity contribution is -0.143. The van der Waals surface area contributed by atoms with Crippen molar-refractivity contribution < 1.29 is 9.63 Å². The molecule has 0 unspecified atom stereocenters. The van der Waals surface area contributed by atoms with E-state index in [1.807, 2.05) is 18.2 Å². The van der Waals surface area contributed by atoms with E-state index in [4.69, 9.17) is 10.6 Å². The van der Waals surface area contributed by atoms with Crippen molar-refractivity contribution in [3.8, 4) is 0 Å². The molecule has 0 atom stereocenters. The zero-order chi connectivity index (χ0) is 15.6. The number of aromatic nitrogens is 1. The molecule has 1 aromatic carbocycles. The third-order valence-electron chi connectivity index (χ3n) is 2.77. The predicted octanol–water partition coefficient (Wildman–Crippen LogP) is 2.57. The molecule has 0 saturated carbocycles. The Labute approximate surface area is 133 Å². The van der Waals surface area contributed by atoms with Crippen LogP contribution in [-0.4, -0.2) is 22.5 Å². The second kappa shape index (κ2) is 8.84. The molecule has 0 aliphatic heterocycles. The Morgan fingerprint density at radius 3 is 2.77 bits per heavy atom. The van der Waals surface area contributed by atoms with Gasteiger partial charge in [-0.15, -0.1) is 0 Å². The van der Waals surface area contributed by atoms with E-state index >= 15 is 0 Å². The van der Waals surface area contributed by atoms with Crippen molar-refractivity contribution in [2.24, 2.45) is 10.9 Å². The van der Waals surface area contributed by atoms with Crippen molar-refractivity contribution in [3.63, 3.8) is 0 Å². The van der Waals surface area contributed by atoms with Crippen LogP contribution in [0.3, 0.4) is 0 Å². The molecule has 0 bridgehead atoms. The molecule has 2 rings (SSSR count). The Balaban J connectivity index is 1.68. The standard InChI is InChI=1S/C16H17N3O2S/c17-16(14-7-4-9-18-11-14)19-21-15(20)8-10-22-12-13-5-2-1-3-6-13/h1-7,9,11H,8,10,12H2,(H2,17,19). The molecule has 1 heterocycles. The highest BCUT2D eigenvalue weighted by atomic mass is 32.2. The minimum atomic E-state index is -0.396. The van der Waals surface area contributed by atoms with Gasteiger partial charge in [-0.1, -0.05) is 35.5 Å². The number of hydrogen-bond donors (Lipinski definition) is 1. The van der Waals surface area contributed by atoms with Gasteiger partial charge in [0, 0.05) is 29.5 Å². The molecule has 0 aliphatic carbocycles. The lowest BCUT2D eigenvalue weighted by Gasteiger charge is -2.02. The SMILES string of the molecule is N/C(=N/OC(=O)CCSCc1ccccc1)c1cccnc1. The van der Waals surface area contributed by atoms with Gasteiger partial charge >= 0.3 is 5.97 Å². The maximum absolute atomic E-state index is 11.6. The number of oxime groups is 1. The monoisotopic (exact) mass is 315 g/mol. The van der Waals surface area contributed by atoms with E-state index in [-0.39, 0.29) is 5.84 Å². The van der Waals surface area contributed by atoms with Gasteiger partial charge in [0.15, 0.2) is 5.84 Å². The number of benzene rings is 1. The third kappa shape index (κ3) is 5.57. The molecule has 2 aromatic rings. The Morgan fingerprint density at radius 1 is 1.23 bits per heavy atom. The first-order valence-electron chi connectivity index (χ1n) is 6.81. The molecular weight excluding hydrogens is 298 g/mol. The number of pyridine rings is 1. The van der Waals surface area contributed by atoms with Crippen LogP contribution in [0.1, 0.15) is 17.5 Å². The number of nitrogens with two attached hydrogens (primary N) is 1. The van der Waals surface area contributed by atoms with Crippen LogP contribution in [0, 0.1) is 0 Å². The van der Waals surface area contributed by atoms with Crippen LogP contribution in [0.25, 0.3) is 0 Å². The molecule has 0 radical (unpaired) electrons. The van der Waals surface area contributed by atoms with Crippen molar-refractivity contribution in [2.75, 3.05) is 5.75 Å². The van der Waals surface area contributed by atoms with Gasteiger partial charge in [-0.2, -0.15) is 11.8 Å². The predicted molar refractivity (Wildman–Crippen MR) is 88.3 cm³/mol. The van der Waals surface area contributed by atoms with Gasteiger partial charge < -0.3 is 10.6 Å². The number of carbonyl (C=O) groups is 1. The smallest absolute Gasteiger partial charge is 0.335 e. The minimum absolute atomic E-state index is 0.137. The van der Waals surface area contributed by atoms with Crippen molar-refractivity contribution in [2.45, 2.75) is 12.2 Å². The first-order chi connectivity index (χ1) is 10.8. The molecule has 2 N–H and O–H groups in total. The van der Waals surface area contributed by atoms with Crippen LogP contribution in [0.4, 0.5) is 0 Å². The summed E-state index contributed by atoms with van der Waals surface area (Å²) in [4.78, 5) is 20.3. The maximum Gasteiger partial charge on any atom is 0.335 e. The summed E-state index contributed by atoms with van der Waals surface area (Å²) >= 11 is 1.67. The topological polar surface area (TPSA) is 77.6 Å². The summed E-state index contributed by atoms with van der Waals surface area (Å²) in [6.45, 7) is 0. The molecule has 0 aliphatic rings. The van der Waals surface area contributed by atoms with E-state index < -0.39 is 5.97 Å². The zero-order valence-electron chi connectivity index (χ0n) is 12.0. The summed E-state index contributed by atoms with van der Waals surface area (Å²) in [5, 5.41) is 3.63. The number of thioether (sulfide) groups is 1.